The lowest BCUT2D eigenvalue weighted by Gasteiger charge is -2.12. The van der Waals surface area contributed by atoms with Gasteiger partial charge in [0, 0.05) is 13.1 Å². The lowest BCUT2D eigenvalue weighted by atomic mass is 10.2. The van der Waals surface area contributed by atoms with Crippen LogP contribution >= 0.6 is 11.8 Å². The molecule has 0 unspecified atom stereocenters. The molecule has 0 aliphatic heterocycles. The predicted octanol–water partition coefficient (Wildman–Crippen LogP) is 3.78. The number of aromatic nitrogens is 3. The fourth-order valence-electron chi connectivity index (χ4n) is 2.31. The number of benzene rings is 1. The van der Waals surface area contributed by atoms with E-state index in [-0.39, 0.29) is 5.69 Å². The van der Waals surface area contributed by atoms with Gasteiger partial charge in [-0.3, -0.25) is 4.79 Å². The summed E-state index contributed by atoms with van der Waals surface area (Å²) in [4.78, 5) is 12.3. The first-order valence-electron chi connectivity index (χ1n) is 7.73. The van der Waals surface area contributed by atoms with Crippen LogP contribution in [0.5, 0.6) is 0 Å². The largest absolute Gasteiger partial charge is 0.469 e. The van der Waals surface area contributed by atoms with Gasteiger partial charge in [0.25, 0.3) is 0 Å². The lowest BCUT2D eigenvalue weighted by molar-refractivity contribution is -0.115. The molecule has 0 radical (unpaired) electrons. The summed E-state index contributed by atoms with van der Waals surface area (Å²) in [7, 11) is 1.79. The number of thioether (sulfide) groups is 1. The summed E-state index contributed by atoms with van der Waals surface area (Å²) in [6.07, 6.45) is 1.57. The zero-order valence-corrected chi connectivity index (χ0v) is 15.1. The van der Waals surface area contributed by atoms with Gasteiger partial charge in [-0.1, -0.05) is 11.8 Å². The minimum atomic E-state index is -0.827. The van der Waals surface area contributed by atoms with E-state index in [0.717, 1.165) is 23.5 Å². The molecule has 1 amide bonds. The molecule has 3 aromatic rings. The van der Waals surface area contributed by atoms with E-state index in [4.69, 9.17) is 4.42 Å². The maximum absolute atomic E-state index is 13.7. The van der Waals surface area contributed by atoms with Crippen molar-refractivity contribution in [1.29, 1.82) is 0 Å². The van der Waals surface area contributed by atoms with Crippen LogP contribution in [0.2, 0.25) is 0 Å². The molecule has 0 saturated heterocycles. The number of furan rings is 1. The summed E-state index contributed by atoms with van der Waals surface area (Å²) in [6.45, 7) is 3.49. The molecule has 0 fully saturated rings. The van der Waals surface area contributed by atoms with Gasteiger partial charge in [-0.25, -0.2) is 8.78 Å². The summed E-state index contributed by atoms with van der Waals surface area (Å²) >= 11 is 1.18. The average molecular weight is 378 g/mol. The second-order valence-electron chi connectivity index (χ2n) is 5.63. The molecule has 26 heavy (non-hydrogen) atoms. The zero-order chi connectivity index (χ0) is 18.8. The quantitative estimate of drug-likeness (QED) is 0.684. The van der Waals surface area contributed by atoms with Crippen molar-refractivity contribution in [2.24, 2.45) is 7.05 Å². The van der Waals surface area contributed by atoms with E-state index < -0.39 is 22.8 Å². The summed E-state index contributed by atoms with van der Waals surface area (Å²) in [5.74, 6) is -0.619. The van der Waals surface area contributed by atoms with E-state index in [2.05, 4.69) is 15.5 Å². The third-order valence-corrected chi connectivity index (χ3v) is 4.91. The van der Waals surface area contributed by atoms with Crippen LogP contribution in [0.3, 0.4) is 0 Å². The highest BCUT2D eigenvalue weighted by atomic mass is 32.2. The number of hydrogen-bond donors (Lipinski definition) is 1. The standard InChI is InChI=1S/C17H16F2N4O2S/c1-9-12(6-7-25-9)15-21-22-17(23(15)3)26-10(2)16(24)20-14-5-4-11(18)8-13(14)19/h4-8,10H,1-3H3,(H,20,24)/t10-/m1/s1. The molecule has 0 saturated carbocycles. The number of hydrogen-bond acceptors (Lipinski definition) is 5. The van der Waals surface area contributed by atoms with Crippen molar-refractivity contribution in [3.63, 3.8) is 0 Å². The SMILES string of the molecule is Cc1occc1-c1nnc(S[C@H](C)C(=O)Nc2ccc(F)cc2F)n1C. The van der Waals surface area contributed by atoms with Gasteiger partial charge in [0.2, 0.25) is 5.91 Å². The van der Waals surface area contributed by atoms with Crippen molar-refractivity contribution in [3.8, 4) is 11.4 Å². The van der Waals surface area contributed by atoms with Gasteiger partial charge in [0.1, 0.15) is 17.4 Å². The molecule has 0 aliphatic carbocycles. The number of carbonyl (C=O) groups excluding carboxylic acids is 1. The van der Waals surface area contributed by atoms with E-state index in [0.29, 0.717) is 11.0 Å². The van der Waals surface area contributed by atoms with Gasteiger partial charge in [-0.2, -0.15) is 0 Å². The molecular weight excluding hydrogens is 362 g/mol. The van der Waals surface area contributed by atoms with E-state index in [1.54, 1.807) is 30.9 Å². The number of nitrogens with zero attached hydrogens (tertiary/aromatic N) is 3. The topological polar surface area (TPSA) is 72.9 Å². The van der Waals surface area contributed by atoms with Gasteiger partial charge in [0.05, 0.1) is 22.8 Å². The molecule has 136 valence electrons. The van der Waals surface area contributed by atoms with Crippen LogP contribution in [0.4, 0.5) is 14.5 Å². The number of nitrogens with one attached hydrogen (secondary N) is 1. The van der Waals surface area contributed by atoms with Gasteiger partial charge < -0.3 is 14.3 Å². The van der Waals surface area contributed by atoms with Crippen LogP contribution in [-0.4, -0.2) is 25.9 Å². The Morgan fingerprint density at radius 1 is 1.31 bits per heavy atom. The molecule has 1 aromatic carbocycles. The maximum atomic E-state index is 13.7. The minimum Gasteiger partial charge on any atom is -0.469 e. The lowest BCUT2D eigenvalue weighted by Crippen LogP contribution is -2.23. The second-order valence-corrected chi connectivity index (χ2v) is 6.94. The highest BCUT2D eigenvalue weighted by Gasteiger charge is 2.21. The Kier molecular flexibility index (Phi) is 5.08. The summed E-state index contributed by atoms with van der Waals surface area (Å²) in [6, 6.07) is 4.78. The van der Waals surface area contributed by atoms with Crippen molar-refractivity contribution >= 4 is 23.4 Å². The Hall–Kier alpha value is -2.68. The normalized spacial score (nSPS) is 12.2. The second kappa shape index (κ2) is 7.28. The Labute approximate surface area is 152 Å². The highest BCUT2D eigenvalue weighted by Crippen LogP contribution is 2.28. The monoisotopic (exact) mass is 378 g/mol. The number of aryl methyl sites for hydroxylation is 1. The van der Waals surface area contributed by atoms with Gasteiger partial charge in [-0.15, -0.1) is 10.2 Å². The molecule has 1 N–H and O–H groups in total. The zero-order valence-electron chi connectivity index (χ0n) is 14.3. The molecule has 9 heteroatoms. The molecule has 2 aromatic heterocycles. The summed E-state index contributed by atoms with van der Waals surface area (Å²) in [5.41, 5.74) is 0.744. The van der Waals surface area contributed by atoms with E-state index in [9.17, 15) is 13.6 Å². The molecule has 0 bridgehead atoms. The van der Waals surface area contributed by atoms with Crippen LogP contribution in [0.25, 0.3) is 11.4 Å². The van der Waals surface area contributed by atoms with Crippen LogP contribution < -0.4 is 5.32 Å². The average Bonchev–Trinajstić information content (AvgIpc) is 3.16. The predicted molar refractivity (Wildman–Crippen MR) is 93.7 cm³/mol. The smallest absolute Gasteiger partial charge is 0.237 e. The molecule has 0 aliphatic rings. The first-order valence-corrected chi connectivity index (χ1v) is 8.61. The minimum absolute atomic E-state index is 0.0727. The van der Waals surface area contributed by atoms with Crippen molar-refractivity contribution in [3.05, 3.63) is 47.9 Å². The first-order chi connectivity index (χ1) is 12.4. The summed E-state index contributed by atoms with van der Waals surface area (Å²) < 4.78 is 33.6. The van der Waals surface area contributed by atoms with Crippen molar-refractivity contribution in [2.45, 2.75) is 24.3 Å². The Morgan fingerprint density at radius 2 is 2.08 bits per heavy atom. The van der Waals surface area contributed by atoms with E-state index in [1.807, 2.05) is 6.92 Å². The van der Waals surface area contributed by atoms with Gasteiger partial charge in [-0.05, 0) is 32.0 Å². The third-order valence-electron chi connectivity index (χ3n) is 3.78. The van der Waals surface area contributed by atoms with Crippen molar-refractivity contribution in [1.82, 2.24) is 14.8 Å². The number of anilines is 1. The van der Waals surface area contributed by atoms with Crippen LogP contribution in [0, 0.1) is 18.6 Å². The number of halogens is 2. The fraction of sp³-hybridized carbons (Fsp3) is 0.235. The maximum Gasteiger partial charge on any atom is 0.237 e. The first kappa shape index (κ1) is 18.1. The van der Waals surface area contributed by atoms with E-state index in [1.165, 1.54) is 17.8 Å². The van der Waals surface area contributed by atoms with Crippen molar-refractivity contribution in [2.75, 3.05) is 5.32 Å². The van der Waals surface area contributed by atoms with Crippen molar-refractivity contribution < 1.29 is 18.0 Å². The number of carbonyl (C=O) groups is 1. The molecule has 2 heterocycles. The number of amides is 1. The Morgan fingerprint density at radius 3 is 2.73 bits per heavy atom. The fourth-order valence-corrected chi connectivity index (χ4v) is 3.12. The number of rotatable bonds is 5. The summed E-state index contributed by atoms with van der Waals surface area (Å²) in [5, 5.41) is 10.6. The van der Waals surface area contributed by atoms with Gasteiger partial charge in [0.15, 0.2) is 11.0 Å². The third kappa shape index (κ3) is 3.62. The van der Waals surface area contributed by atoms with Crippen LogP contribution in [-0.2, 0) is 11.8 Å². The Balaban J connectivity index is 1.72. The van der Waals surface area contributed by atoms with Crippen LogP contribution in [0.15, 0.2) is 40.1 Å². The molecule has 3 rings (SSSR count). The van der Waals surface area contributed by atoms with E-state index >= 15 is 0 Å². The van der Waals surface area contributed by atoms with Crippen LogP contribution in [0.1, 0.15) is 12.7 Å². The molecular formula is C17H16F2N4O2S. The van der Waals surface area contributed by atoms with Gasteiger partial charge >= 0.3 is 0 Å². The highest BCUT2D eigenvalue weighted by molar-refractivity contribution is 8.00. The molecule has 0 spiro atoms. The molecule has 6 nitrogen and oxygen atoms in total. The Bertz CT molecular complexity index is 954. The molecule has 1 atom stereocenters.